The maximum absolute atomic E-state index is 12.0. The van der Waals surface area contributed by atoms with Gasteiger partial charge in [-0.05, 0) is 37.1 Å². The smallest absolute Gasteiger partial charge is 0.236 e. The predicted octanol–water partition coefficient (Wildman–Crippen LogP) is 2.05. The molecule has 1 amide bonds. The van der Waals surface area contributed by atoms with Crippen LogP contribution in [0.2, 0.25) is 0 Å². The molecule has 1 aliphatic heterocycles. The number of carbonyl (C=O) groups is 1. The van der Waals surface area contributed by atoms with Crippen molar-refractivity contribution in [2.45, 2.75) is 18.9 Å². The van der Waals surface area contributed by atoms with Crippen LogP contribution in [0.3, 0.4) is 0 Å². The molecule has 1 aromatic rings. The molecule has 1 heterocycles. The Balaban J connectivity index is 1.58. The number of hydrogen-bond donors (Lipinski definition) is 1. The quantitative estimate of drug-likeness (QED) is 0.760. The summed E-state index contributed by atoms with van der Waals surface area (Å²) in [5.74, 6) is 0.873. The summed E-state index contributed by atoms with van der Waals surface area (Å²) in [6, 6.07) is 7.66. The fraction of sp³-hybridized carbons (Fsp3) is 0.562. The topological polar surface area (TPSA) is 50.8 Å². The molecule has 1 unspecified atom stereocenters. The second-order valence-electron chi connectivity index (χ2n) is 5.38. The number of benzene rings is 1. The summed E-state index contributed by atoms with van der Waals surface area (Å²) in [6.45, 7) is 2.98. The molecule has 122 valence electrons. The van der Waals surface area contributed by atoms with Gasteiger partial charge >= 0.3 is 0 Å². The number of nitrogens with one attached hydrogen (secondary N) is 1. The lowest BCUT2D eigenvalue weighted by Gasteiger charge is -2.18. The summed E-state index contributed by atoms with van der Waals surface area (Å²) >= 11 is 3.38. The lowest BCUT2D eigenvalue weighted by Crippen LogP contribution is -2.39. The number of hydrogen-bond acceptors (Lipinski definition) is 4. The van der Waals surface area contributed by atoms with Crippen LogP contribution in [0.4, 0.5) is 0 Å². The first-order valence-corrected chi connectivity index (χ1v) is 8.39. The predicted molar refractivity (Wildman–Crippen MR) is 89.1 cm³/mol. The summed E-state index contributed by atoms with van der Waals surface area (Å²) < 4.78 is 12.1. The van der Waals surface area contributed by atoms with Crippen molar-refractivity contribution < 1.29 is 14.3 Å². The minimum atomic E-state index is 0.0670. The lowest BCUT2D eigenvalue weighted by molar-refractivity contribution is -0.129. The van der Waals surface area contributed by atoms with Crippen molar-refractivity contribution in [3.63, 3.8) is 0 Å². The lowest BCUT2D eigenvalue weighted by atomic mass is 10.2. The number of nitrogens with zero attached hydrogens (tertiary/aromatic N) is 1. The van der Waals surface area contributed by atoms with Crippen molar-refractivity contribution >= 4 is 21.8 Å². The standard InChI is InChI=1S/C16H23BrN2O3/c1-19(8-10-22-14-6-4-13(17)5-7-14)16(20)12-18-11-15-3-2-9-21-15/h4-7,15,18H,2-3,8-12H2,1H3. The molecule has 1 atom stereocenters. The Kier molecular flexibility index (Phi) is 7.15. The highest BCUT2D eigenvalue weighted by Gasteiger charge is 2.15. The second-order valence-corrected chi connectivity index (χ2v) is 6.30. The molecule has 1 aliphatic rings. The molecule has 0 aliphatic carbocycles. The zero-order valence-corrected chi connectivity index (χ0v) is 14.5. The first-order chi connectivity index (χ1) is 10.6. The van der Waals surface area contributed by atoms with Crippen LogP contribution in [-0.2, 0) is 9.53 Å². The van der Waals surface area contributed by atoms with Crippen molar-refractivity contribution in [3.8, 4) is 5.75 Å². The summed E-state index contributed by atoms with van der Waals surface area (Å²) in [6.07, 6.45) is 2.46. The molecular weight excluding hydrogens is 348 g/mol. The van der Waals surface area contributed by atoms with E-state index in [0.717, 1.165) is 36.2 Å². The van der Waals surface area contributed by atoms with Gasteiger partial charge < -0.3 is 19.7 Å². The van der Waals surface area contributed by atoms with Crippen molar-refractivity contribution in [1.82, 2.24) is 10.2 Å². The van der Waals surface area contributed by atoms with Crippen LogP contribution in [0, 0.1) is 0 Å². The molecule has 2 rings (SSSR count). The molecule has 0 saturated carbocycles. The Hall–Kier alpha value is -1.11. The first-order valence-electron chi connectivity index (χ1n) is 7.60. The van der Waals surface area contributed by atoms with Crippen LogP contribution in [0.1, 0.15) is 12.8 Å². The molecule has 1 N–H and O–H groups in total. The molecular formula is C16H23BrN2O3. The average molecular weight is 371 g/mol. The largest absolute Gasteiger partial charge is 0.492 e. The number of amides is 1. The number of likely N-dealkylation sites (N-methyl/N-ethyl adjacent to an activating group) is 1. The van der Waals surface area contributed by atoms with Gasteiger partial charge in [-0.15, -0.1) is 0 Å². The van der Waals surface area contributed by atoms with E-state index in [-0.39, 0.29) is 12.0 Å². The Morgan fingerprint density at radius 1 is 1.45 bits per heavy atom. The maximum atomic E-state index is 12.0. The van der Waals surface area contributed by atoms with Gasteiger partial charge in [0.2, 0.25) is 5.91 Å². The minimum Gasteiger partial charge on any atom is -0.492 e. The van der Waals surface area contributed by atoms with Crippen LogP contribution in [-0.4, -0.2) is 56.8 Å². The van der Waals surface area contributed by atoms with Gasteiger partial charge in [-0.3, -0.25) is 4.79 Å². The monoisotopic (exact) mass is 370 g/mol. The van der Waals surface area contributed by atoms with Crippen molar-refractivity contribution in [3.05, 3.63) is 28.7 Å². The highest BCUT2D eigenvalue weighted by atomic mass is 79.9. The van der Waals surface area contributed by atoms with Gasteiger partial charge in [0.1, 0.15) is 12.4 Å². The highest BCUT2D eigenvalue weighted by Crippen LogP contribution is 2.15. The Bertz CT molecular complexity index is 461. The molecule has 0 aromatic heterocycles. The van der Waals surface area contributed by atoms with Gasteiger partial charge in [0.15, 0.2) is 0 Å². The fourth-order valence-electron chi connectivity index (χ4n) is 2.24. The van der Waals surface area contributed by atoms with E-state index in [4.69, 9.17) is 9.47 Å². The van der Waals surface area contributed by atoms with E-state index in [2.05, 4.69) is 21.2 Å². The van der Waals surface area contributed by atoms with E-state index < -0.39 is 0 Å². The van der Waals surface area contributed by atoms with Crippen LogP contribution in [0.15, 0.2) is 28.7 Å². The normalized spacial score (nSPS) is 17.5. The van der Waals surface area contributed by atoms with Crippen molar-refractivity contribution in [1.29, 1.82) is 0 Å². The van der Waals surface area contributed by atoms with Crippen LogP contribution in [0.25, 0.3) is 0 Å². The van der Waals surface area contributed by atoms with Crippen molar-refractivity contribution in [2.75, 3.05) is 39.9 Å². The number of carbonyl (C=O) groups excluding carboxylic acids is 1. The zero-order chi connectivity index (χ0) is 15.8. The van der Waals surface area contributed by atoms with Gasteiger partial charge in [-0.25, -0.2) is 0 Å². The average Bonchev–Trinajstić information content (AvgIpc) is 3.02. The van der Waals surface area contributed by atoms with Crippen LogP contribution in [0.5, 0.6) is 5.75 Å². The van der Waals surface area contributed by atoms with Gasteiger partial charge in [-0.1, -0.05) is 15.9 Å². The van der Waals surface area contributed by atoms with E-state index in [1.807, 2.05) is 24.3 Å². The van der Waals surface area contributed by atoms with Gasteiger partial charge in [0, 0.05) is 24.7 Å². The zero-order valence-electron chi connectivity index (χ0n) is 12.9. The first kappa shape index (κ1) is 17.2. The Morgan fingerprint density at radius 2 is 2.23 bits per heavy atom. The highest BCUT2D eigenvalue weighted by molar-refractivity contribution is 9.10. The molecule has 1 fully saturated rings. The van der Waals surface area contributed by atoms with E-state index in [1.54, 1.807) is 11.9 Å². The van der Waals surface area contributed by atoms with Crippen LogP contribution >= 0.6 is 15.9 Å². The van der Waals surface area contributed by atoms with E-state index in [9.17, 15) is 4.79 Å². The fourth-order valence-corrected chi connectivity index (χ4v) is 2.50. The van der Waals surface area contributed by atoms with Gasteiger partial charge in [-0.2, -0.15) is 0 Å². The second kappa shape index (κ2) is 9.12. The summed E-state index contributed by atoms with van der Waals surface area (Å²) in [5.41, 5.74) is 0. The van der Waals surface area contributed by atoms with E-state index >= 15 is 0 Å². The van der Waals surface area contributed by atoms with Gasteiger partial charge in [0.05, 0.1) is 19.2 Å². The summed E-state index contributed by atoms with van der Waals surface area (Å²) in [4.78, 5) is 13.6. The molecule has 0 spiro atoms. The minimum absolute atomic E-state index is 0.0670. The number of rotatable bonds is 8. The molecule has 1 aromatic carbocycles. The van der Waals surface area contributed by atoms with Gasteiger partial charge in [0.25, 0.3) is 0 Å². The third-order valence-corrected chi connectivity index (χ3v) is 4.14. The number of ether oxygens (including phenoxy) is 2. The Labute approximate surface area is 140 Å². The molecule has 22 heavy (non-hydrogen) atoms. The molecule has 5 nitrogen and oxygen atoms in total. The Morgan fingerprint density at radius 3 is 2.91 bits per heavy atom. The number of halogens is 1. The third kappa shape index (κ3) is 5.94. The summed E-state index contributed by atoms with van der Waals surface area (Å²) in [5, 5.41) is 3.16. The molecule has 0 bridgehead atoms. The third-order valence-electron chi connectivity index (χ3n) is 3.61. The molecule has 0 radical (unpaired) electrons. The van der Waals surface area contributed by atoms with E-state index in [1.165, 1.54) is 0 Å². The SMILES string of the molecule is CN(CCOc1ccc(Br)cc1)C(=O)CNCC1CCCO1. The summed E-state index contributed by atoms with van der Waals surface area (Å²) in [7, 11) is 1.79. The van der Waals surface area contributed by atoms with Crippen LogP contribution < -0.4 is 10.1 Å². The molecule has 6 heteroatoms. The van der Waals surface area contributed by atoms with Crippen molar-refractivity contribution in [2.24, 2.45) is 0 Å². The van der Waals surface area contributed by atoms with E-state index in [0.29, 0.717) is 19.7 Å². The molecule has 1 saturated heterocycles. The maximum Gasteiger partial charge on any atom is 0.236 e.